The highest BCUT2D eigenvalue weighted by molar-refractivity contribution is 5.84. The number of para-hydroxylation sites is 1. The van der Waals surface area contributed by atoms with Gasteiger partial charge in [0, 0.05) is 30.6 Å². The number of fused-ring (bicyclic) bond motifs is 2. The van der Waals surface area contributed by atoms with Gasteiger partial charge in [0.25, 0.3) is 5.56 Å². The first kappa shape index (κ1) is 23.0. The van der Waals surface area contributed by atoms with Crippen LogP contribution in [0.25, 0.3) is 10.9 Å². The van der Waals surface area contributed by atoms with E-state index in [0.717, 1.165) is 60.4 Å². The number of nitrogens with one attached hydrogen (secondary N) is 1. The molecule has 2 fully saturated rings. The third-order valence-electron chi connectivity index (χ3n) is 7.86. The number of nitrogens with zero attached hydrogens (tertiary/aromatic N) is 1. The molecule has 1 saturated carbocycles. The molecule has 34 heavy (non-hydrogen) atoms. The van der Waals surface area contributed by atoms with E-state index in [9.17, 15) is 4.79 Å². The van der Waals surface area contributed by atoms with Crippen LogP contribution >= 0.6 is 0 Å². The van der Waals surface area contributed by atoms with Crippen molar-refractivity contribution in [3.05, 3.63) is 64.4 Å². The maximum Gasteiger partial charge on any atom is 0.251 e. The molecule has 5 rings (SSSR count). The average Bonchev–Trinajstić information content (AvgIpc) is 2.85. The number of aromatic nitrogens is 1. The van der Waals surface area contributed by atoms with Gasteiger partial charge >= 0.3 is 0 Å². The Morgan fingerprint density at radius 1 is 1.09 bits per heavy atom. The molecule has 6 heteroatoms. The summed E-state index contributed by atoms with van der Waals surface area (Å²) in [5.41, 5.74) is 1.03. The van der Waals surface area contributed by atoms with Gasteiger partial charge in [-0.15, -0.1) is 0 Å². The van der Waals surface area contributed by atoms with E-state index in [0.29, 0.717) is 37.6 Å². The van der Waals surface area contributed by atoms with Gasteiger partial charge in [0.2, 0.25) is 0 Å². The molecule has 2 atom stereocenters. The van der Waals surface area contributed by atoms with Gasteiger partial charge in [-0.1, -0.05) is 26.0 Å². The van der Waals surface area contributed by atoms with Crippen molar-refractivity contribution in [1.82, 2.24) is 9.88 Å². The molecular weight excluding hydrogens is 428 g/mol. The Kier molecular flexibility index (Phi) is 6.43. The van der Waals surface area contributed by atoms with E-state index < -0.39 is 0 Å². The monoisotopic (exact) mass is 464 g/mol. The molecule has 0 spiro atoms. The van der Waals surface area contributed by atoms with Crippen LogP contribution in [-0.2, 0) is 16.0 Å². The van der Waals surface area contributed by atoms with Crippen LogP contribution in [0.4, 0.5) is 0 Å². The summed E-state index contributed by atoms with van der Waals surface area (Å²) >= 11 is 0. The largest absolute Gasteiger partial charge is 0.495 e. The Hall–Kier alpha value is -2.73. The maximum absolute atomic E-state index is 12.9. The minimum Gasteiger partial charge on any atom is -0.495 e. The number of benzene rings is 1. The molecule has 2 aliphatic carbocycles. The van der Waals surface area contributed by atoms with Gasteiger partial charge in [-0.05, 0) is 67.2 Å². The van der Waals surface area contributed by atoms with Crippen LogP contribution in [-0.4, -0.2) is 37.5 Å². The summed E-state index contributed by atoms with van der Waals surface area (Å²) in [5.74, 6) is 3.41. The molecule has 6 nitrogen and oxygen atoms in total. The fraction of sp³-hybridized carbons (Fsp3) is 0.536. The number of pyridine rings is 1. The first-order valence-electron chi connectivity index (χ1n) is 12.6. The minimum absolute atomic E-state index is 0.0409. The van der Waals surface area contributed by atoms with Gasteiger partial charge in [0.05, 0.1) is 12.6 Å². The summed E-state index contributed by atoms with van der Waals surface area (Å²) in [5, 5.41) is 4.86. The molecule has 0 radical (unpaired) electrons. The molecule has 182 valence electrons. The third-order valence-corrected chi connectivity index (χ3v) is 7.86. The van der Waals surface area contributed by atoms with Crippen molar-refractivity contribution in [2.75, 3.05) is 26.9 Å². The van der Waals surface area contributed by atoms with Crippen LogP contribution in [0.2, 0.25) is 0 Å². The predicted octanol–water partition coefficient (Wildman–Crippen LogP) is 4.63. The second-order valence-corrected chi connectivity index (χ2v) is 10.4. The number of allylic oxidation sites excluding steroid dienone is 1. The van der Waals surface area contributed by atoms with E-state index >= 15 is 0 Å². The fourth-order valence-corrected chi connectivity index (χ4v) is 5.67. The molecule has 1 N–H and O–H groups in total. The fourth-order valence-electron chi connectivity index (χ4n) is 5.67. The Bertz CT molecular complexity index is 1160. The standard InChI is InChI=1S/C28H36N2O4/c1-19-15-24-25(34-14-13-33-24)16-21(19)17-29-22-9-11-28(2,12-10-22)18-30-26(31)8-7-20-5-4-6-23(32-3)27(20)30/h4-8,15-16,19,21-22,29H,9-14,17-18H2,1-3H3. The zero-order chi connectivity index (χ0) is 23.7. The second kappa shape index (κ2) is 9.49. The topological polar surface area (TPSA) is 61.7 Å². The molecule has 0 bridgehead atoms. The van der Waals surface area contributed by atoms with Crippen LogP contribution < -0.4 is 15.6 Å². The molecule has 1 aliphatic heterocycles. The molecule has 2 unspecified atom stereocenters. The second-order valence-electron chi connectivity index (χ2n) is 10.4. The van der Waals surface area contributed by atoms with Crippen molar-refractivity contribution in [3.8, 4) is 5.75 Å². The first-order chi connectivity index (χ1) is 16.5. The van der Waals surface area contributed by atoms with Crippen LogP contribution in [0.15, 0.2) is 58.8 Å². The Morgan fingerprint density at radius 3 is 2.56 bits per heavy atom. The highest BCUT2D eigenvalue weighted by atomic mass is 16.6. The molecular formula is C28H36N2O4. The Balaban J connectivity index is 1.22. The van der Waals surface area contributed by atoms with Crippen LogP contribution in [0.3, 0.4) is 0 Å². The van der Waals surface area contributed by atoms with E-state index in [1.54, 1.807) is 13.2 Å². The summed E-state index contributed by atoms with van der Waals surface area (Å²) in [6, 6.07) is 10.0. The van der Waals surface area contributed by atoms with E-state index in [1.165, 1.54) is 0 Å². The van der Waals surface area contributed by atoms with Crippen molar-refractivity contribution >= 4 is 10.9 Å². The van der Waals surface area contributed by atoms with Gasteiger partial charge in [-0.3, -0.25) is 4.79 Å². The van der Waals surface area contributed by atoms with Crippen LogP contribution in [0, 0.1) is 17.3 Å². The molecule has 1 aromatic heterocycles. The predicted molar refractivity (Wildman–Crippen MR) is 134 cm³/mol. The molecule has 3 aliphatic rings. The number of methoxy groups -OCH3 is 1. The van der Waals surface area contributed by atoms with E-state index in [2.05, 4.69) is 31.3 Å². The smallest absolute Gasteiger partial charge is 0.251 e. The molecule has 1 aromatic carbocycles. The minimum atomic E-state index is 0.0409. The average molecular weight is 465 g/mol. The van der Waals surface area contributed by atoms with Crippen molar-refractivity contribution in [3.63, 3.8) is 0 Å². The van der Waals surface area contributed by atoms with Gasteiger partial charge in [-0.25, -0.2) is 0 Å². The molecule has 1 saturated heterocycles. The summed E-state index contributed by atoms with van der Waals surface area (Å²) < 4.78 is 19.1. The number of rotatable bonds is 6. The van der Waals surface area contributed by atoms with Crippen LogP contribution in [0.5, 0.6) is 5.75 Å². The maximum atomic E-state index is 12.9. The van der Waals surface area contributed by atoms with Gasteiger partial charge in [0.15, 0.2) is 11.5 Å². The molecule has 2 heterocycles. The van der Waals surface area contributed by atoms with Gasteiger partial charge < -0.3 is 24.1 Å². The number of hydrogen-bond donors (Lipinski definition) is 1. The third kappa shape index (κ3) is 4.61. The normalized spacial score (nSPS) is 28.9. The summed E-state index contributed by atoms with van der Waals surface area (Å²) in [6.07, 6.45) is 8.85. The van der Waals surface area contributed by atoms with Crippen molar-refractivity contribution in [2.24, 2.45) is 17.3 Å². The highest BCUT2D eigenvalue weighted by Crippen LogP contribution is 2.39. The number of hydrogen-bond acceptors (Lipinski definition) is 5. The van der Waals surface area contributed by atoms with E-state index in [4.69, 9.17) is 14.2 Å². The van der Waals surface area contributed by atoms with E-state index in [-0.39, 0.29) is 11.0 Å². The lowest BCUT2D eigenvalue weighted by Crippen LogP contribution is -2.42. The Morgan fingerprint density at radius 2 is 1.82 bits per heavy atom. The lowest BCUT2D eigenvalue weighted by Gasteiger charge is -2.39. The quantitative estimate of drug-likeness (QED) is 0.676. The van der Waals surface area contributed by atoms with Crippen molar-refractivity contribution in [2.45, 2.75) is 52.1 Å². The van der Waals surface area contributed by atoms with Crippen LogP contribution in [0.1, 0.15) is 39.5 Å². The molecule has 2 aromatic rings. The molecule has 0 amide bonds. The first-order valence-corrected chi connectivity index (χ1v) is 12.6. The summed E-state index contributed by atoms with van der Waals surface area (Å²) in [7, 11) is 1.67. The zero-order valence-corrected chi connectivity index (χ0v) is 20.5. The summed E-state index contributed by atoms with van der Waals surface area (Å²) in [4.78, 5) is 12.9. The lowest BCUT2D eigenvalue weighted by molar-refractivity contribution is 0.0533. The van der Waals surface area contributed by atoms with Crippen molar-refractivity contribution < 1.29 is 14.2 Å². The van der Waals surface area contributed by atoms with E-state index in [1.807, 2.05) is 28.8 Å². The van der Waals surface area contributed by atoms with Gasteiger partial charge in [0.1, 0.15) is 19.0 Å². The van der Waals surface area contributed by atoms with Gasteiger partial charge in [-0.2, -0.15) is 0 Å². The Labute approximate surface area is 201 Å². The highest BCUT2D eigenvalue weighted by Gasteiger charge is 2.33. The SMILES string of the molecule is COc1cccc2ccc(=O)n(CC3(C)CCC(NCC4C=C5OCCOC5=CC4C)CC3)c12. The van der Waals surface area contributed by atoms with Crippen molar-refractivity contribution in [1.29, 1.82) is 0 Å². The number of ether oxygens (including phenoxy) is 3. The zero-order valence-electron chi connectivity index (χ0n) is 20.5. The summed E-state index contributed by atoms with van der Waals surface area (Å²) in [6.45, 7) is 7.50. The lowest BCUT2D eigenvalue weighted by atomic mass is 9.73.